The van der Waals surface area contributed by atoms with Crippen molar-refractivity contribution in [3.63, 3.8) is 0 Å². The van der Waals surface area contributed by atoms with Crippen LogP contribution in [-0.2, 0) is 9.59 Å². The van der Waals surface area contributed by atoms with E-state index in [1.807, 2.05) is 19.1 Å². The van der Waals surface area contributed by atoms with E-state index in [0.29, 0.717) is 16.8 Å². The average Bonchev–Trinajstić information content (AvgIpc) is 3.00. The maximum atomic E-state index is 13.6. The van der Waals surface area contributed by atoms with Gasteiger partial charge in [-0.05, 0) is 61.4 Å². The zero-order chi connectivity index (χ0) is 23.2. The number of anilines is 1. The monoisotopic (exact) mass is 469 g/mol. The van der Waals surface area contributed by atoms with E-state index in [0.717, 1.165) is 11.1 Å². The van der Waals surface area contributed by atoms with Gasteiger partial charge < -0.3 is 5.11 Å². The van der Waals surface area contributed by atoms with Crippen LogP contribution in [0.25, 0.3) is 5.76 Å². The molecule has 0 aromatic heterocycles. The summed E-state index contributed by atoms with van der Waals surface area (Å²) in [6, 6.07) is 14.4. The summed E-state index contributed by atoms with van der Waals surface area (Å²) in [4.78, 5) is 27.5. The van der Waals surface area contributed by atoms with Crippen LogP contribution in [0.1, 0.15) is 28.3 Å². The van der Waals surface area contributed by atoms with Crippen LogP contribution in [0.3, 0.4) is 0 Å². The SMILES string of the molecule is Cc1ccc(C)c(/C(O)=C2\C(=O)C(=O)N(c3cc(Cl)cc(Cl)c3)C2c2ccc(F)cc2)c1. The number of hydrogen-bond acceptors (Lipinski definition) is 3. The van der Waals surface area contributed by atoms with Crippen molar-refractivity contribution in [2.45, 2.75) is 19.9 Å². The minimum absolute atomic E-state index is 0.0913. The molecule has 1 atom stereocenters. The lowest BCUT2D eigenvalue weighted by atomic mass is 9.93. The number of Topliss-reactive ketones (excluding diaryl/α,β-unsaturated/α-hetero) is 1. The second-order valence-electron chi connectivity index (χ2n) is 7.67. The van der Waals surface area contributed by atoms with E-state index in [1.165, 1.54) is 47.4 Å². The molecule has 1 aliphatic rings. The van der Waals surface area contributed by atoms with Gasteiger partial charge in [0.05, 0.1) is 11.6 Å². The molecule has 1 heterocycles. The van der Waals surface area contributed by atoms with Crippen molar-refractivity contribution in [1.29, 1.82) is 0 Å². The van der Waals surface area contributed by atoms with Crippen molar-refractivity contribution in [2.24, 2.45) is 0 Å². The van der Waals surface area contributed by atoms with Crippen LogP contribution in [0, 0.1) is 19.7 Å². The van der Waals surface area contributed by atoms with E-state index in [2.05, 4.69) is 0 Å². The zero-order valence-electron chi connectivity index (χ0n) is 17.2. The Morgan fingerprint density at radius 1 is 0.938 bits per heavy atom. The Labute approximate surface area is 194 Å². The summed E-state index contributed by atoms with van der Waals surface area (Å²) in [7, 11) is 0. The van der Waals surface area contributed by atoms with Crippen LogP contribution in [0.5, 0.6) is 0 Å². The Morgan fingerprint density at radius 2 is 1.56 bits per heavy atom. The summed E-state index contributed by atoms with van der Waals surface area (Å²) in [5.74, 6) is -2.46. The van der Waals surface area contributed by atoms with Gasteiger partial charge in [0.25, 0.3) is 11.7 Å². The molecule has 1 aliphatic heterocycles. The summed E-state index contributed by atoms with van der Waals surface area (Å²) in [5.41, 5.74) is 2.72. The molecule has 1 amide bonds. The van der Waals surface area contributed by atoms with Crippen LogP contribution >= 0.6 is 23.2 Å². The summed E-state index contributed by atoms with van der Waals surface area (Å²) >= 11 is 12.3. The number of carbonyl (C=O) groups is 2. The van der Waals surface area contributed by atoms with E-state index < -0.39 is 23.5 Å². The molecule has 162 valence electrons. The van der Waals surface area contributed by atoms with Gasteiger partial charge in [-0.2, -0.15) is 0 Å². The highest BCUT2D eigenvalue weighted by atomic mass is 35.5. The molecule has 0 aliphatic carbocycles. The second kappa shape index (κ2) is 8.41. The Hall–Kier alpha value is -3.15. The predicted octanol–water partition coefficient (Wildman–Crippen LogP) is 6.38. The minimum atomic E-state index is -0.995. The third kappa shape index (κ3) is 3.90. The van der Waals surface area contributed by atoms with E-state index in [1.54, 1.807) is 13.0 Å². The number of rotatable bonds is 3. The highest BCUT2D eigenvalue weighted by molar-refractivity contribution is 6.52. The predicted molar refractivity (Wildman–Crippen MR) is 124 cm³/mol. The first kappa shape index (κ1) is 22.1. The first-order valence-corrected chi connectivity index (χ1v) is 10.5. The second-order valence-corrected chi connectivity index (χ2v) is 8.54. The summed E-state index contributed by atoms with van der Waals surface area (Å²) in [6.07, 6.45) is 0. The minimum Gasteiger partial charge on any atom is -0.507 e. The molecule has 0 spiro atoms. The Morgan fingerprint density at radius 3 is 2.19 bits per heavy atom. The lowest BCUT2D eigenvalue weighted by Crippen LogP contribution is -2.29. The van der Waals surface area contributed by atoms with Gasteiger partial charge in [0.1, 0.15) is 11.6 Å². The number of ketones is 1. The highest BCUT2D eigenvalue weighted by Crippen LogP contribution is 2.43. The van der Waals surface area contributed by atoms with Gasteiger partial charge in [-0.1, -0.05) is 53.0 Å². The van der Waals surface area contributed by atoms with Gasteiger partial charge in [0.2, 0.25) is 0 Å². The number of benzene rings is 3. The number of nitrogens with zero attached hydrogens (tertiary/aromatic N) is 1. The number of carbonyl (C=O) groups excluding carboxylic acids is 2. The first-order valence-electron chi connectivity index (χ1n) is 9.77. The van der Waals surface area contributed by atoms with Crippen LogP contribution in [-0.4, -0.2) is 16.8 Å². The third-order valence-electron chi connectivity index (χ3n) is 5.40. The molecule has 7 heteroatoms. The van der Waals surface area contributed by atoms with Crippen molar-refractivity contribution in [1.82, 2.24) is 0 Å². The molecule has 3 aromatic carbocycles. The number of amides is 1. The zero-order valence-corrected chi connectivity index (χ0v) is 18.7. The smallest absolute Gasteiger partial charge is 0.300 e. The van der Waals surface area contributed by atoms with Gasteiger partial charge in [0, 0.05) is 21.3 Å². The lowest BCUT2D eigenvalue weighted by molar-refractivity contribution is -0.132. The van der Waals surface area contributed by atoms with Gasteiger partial charge >= 0.3 is 0 Å². The molecule has 4 rings (SSSR count). The Kier molecular flexibility index (Phi) is 5.80. The molecule has 0 saturated carbocycles. The van der Waals surface area contributed by atoms with Gasteiger partial charge in [-0.15, -0.1) is 0 Å². The number of aryl methyl sites for hydroxylation is 2. The molecular weight excluding hydrogens is 452 g/mol. The van der Waals surface area contributed by atoms with Gasteiger partial charge in [0.15, 0.2) is 0 Å². The normalized spacial score (nSPS) is 17.8. The fraction of sp³-hybridized carbons (Fsp3) is 0.120. The van der Waals surface area contributed by atoms with E-state index in [4.69, 9.17) is 23.2 Å². The van der Waals surface area contributed by atoms with Crippen LogP contribution in [0.2, 0.25) is 10.0 Å². The largest absolute Gasteiger partial charge is 0.507 e. The van der Waals surface area contributed by atoms with E-state index >= 15 is 0 Å². The molecular formula is C25H18Cl2FNO3. The van der Waals surface area contributed by atoms with Crippen molar-refractivity contribution >= 4 is 46.3 Å². The van der Waals surface area contributed by atoms with Gasteiger partial charge in [-0.3, -0.25) is 14.5 Å². The molecule has 1 N–H and O–H groups in total. The van der Waals surface area contributed by atoms with Gasteiger partial charge in [-0.25, -0.2) is 4.39 Å². The summed E-state index contributed by atoms with van der Waals surface area (Å²) in [5, 5.41) is 11.8. The highest BCUT2D eigenvalue weighted by Gasteiger charge is 2.47. The first-order chi connectivity index (χ1) is 15.2. The molecule has 1 unspecified atom stereocenters. The van der Waals surface area contributed by atoms with Crippen LogP contribution in [0.15, 0.2) is 66.2 Å². The summed E-state index contributed by atoms with van der Waals surface area (Å²) < 4.78 is 13.6. The molecule has 0 bridgehead atoms. The fourth-order valence-electron chi connectivity index (χ4n) is 3.87. The maximum absolute atomic E-state index is 13.6. The molecule has 1 saturated heterocycles. The molecule has 3 aromatic rings. The molecule has 0 radical (unpaired) electrons. The van der Waals surface area contributed by atoms with Crippen LogP contribution < -0.4 is 4.90 Å². The lowest BCUT2D eigenvalue weighted by Gasteiger charge is -2.26. The van der Waals surface area contributed by atoms with Crippen molar-refractivity contribution in [2.75, 3.05) is 4.90 Å². The van der Waals surface area contributed by atoms with Crippen LogP contribution in [0.4, 0.5) is 10.1 Å². The average molecular weight is 470 g/mol. The topological polar surface area (TPSA) is 57.6 Å². The van der Waals surface area contributed by atoms with E-state index in [-0.39, 0.29) is 21.4 Å². The maximum Gasteiger partial charge on any atom is 0.300 e. The quantitative estimate of drug-likeness (QED) is 0.275. The van der Waals surface area contributed by atoms with E-state index in [9.17, 15) is 19.1 Å². The molecule has 32 heavy (non-hydrogen) atoms. The number of aliphatic hydroxyl groups is 1. The number of halogens is 3. The molecule has 4 nitrogen and oxygen atoms in total. The summed E-state index contributed by atoms with van der Waals surface area (Å²) in [6.45, 7) is 3.66. The van der Waals surface area contributed by atoms with Crippen molar-refractivity contribution in [3.05, 3.63) is 104 Å². The number of hydrogen-bond donors (Lipinski definition) is 1. The third-order valence-corrected chi connectivity index (χ3v) is 5.84. The standard InChI is InChI=1S/C25H18Cl2FNO3/c1-13-3-4-14(2)20(9-13)23(30)21-22(15-5-7-18(28)8-6-15)29(25(32)24(21)31)19-11-16(26)10-17(27)12-19/h3-12,22,30H,1-2H3/b23-21+. The Bertz CT molecular complexity index is 1260. The fourth-order valence-corrected chi connectivity index (χ4v) is 4.39. The molecule has 1 fully saturated rings. The van der Waals surface area contributed by atoms with Crippen molar-refractivity contribution < 1.29 is 19.1 Å². The number of aliphatic hydroxyl groups excluding tert-OH is 1. The Balaban J connectivity index is 2.00. The van der Waals surface area contributed by atoms with Crippen molar-refractivity contribution in [3.8, 4) is 0 Å².